The molecule has 0 saturated carbocycles. The van der Waals surface area contributed by atoms with Gasteiger partial charge in [0.1, 0.15) is 10.8 Å². The molecule has 0 bridgehead atoms. The van der Waals surface area contributed by atoms with E-state index in [-0.39, 0.29) is 0 Å². The van der Waals surface area contributed by atoms with Gasteiger partial charge in [0.15, 0.2) is 0 Å². The molecule has 4 nitrogen and oxygen atoms in total. The SMILES string of the molecule is Cc1ccc(Oc2nnc(CNC(C)C)s2)cc1. The summed E-state index contributed by atoms with van der Waals surface area (Å²) in [6.45, 7) is 6.98. The molecule has 1 N–H and O–H groups in total. The number of aryl methyl sites for hydroxylation is 1. The maximum Gasteiger partial charge on any atom is 0.299 e. The zero-order chi connectivity index (χ0) is 13.0. The summed E-state index contributed by atoms with van der Waals surface area (Å²) in [5.74, 6) is 0.792. The molecule has 96 valence electrons. The summed E-state index contributed by atoms with van der Waals surface area (Å²) in [6, 6.07) is 8.33. The average molecular weight is 263 g/mol. The van der Waals surface area contributed by atoms with E-state index in [1.54, 1.807) is 0 Å². The number of benzene rings is 1. The number of hydrogen-bond acceptors (Lipinski definition) is 5. The molecule has 1 heterocycles. The Morgan fingerprint density at radius 3 is 2.61 bits per heavy atom. The number of nitrogens with one attached hydrogen (secondary N) is 1. The fourth-order valence-electron chi connectivity index (χ4n) is 1.35. The molecule has 0 atom stereocenters. The minimum atomic E-state index is 0.440. The van der Waals surface area contributed by atoms with Crippen LogP contribution in [-0.2, 0) is 6.54 Å². The first-order chi connectivity index (χ1) is 8.63. The van der Waals surface area contributed by atoms with E-state index < -0.39 is 0 Å². The van der Waals surface area contributed by atoms with Gasteiger partial charge in [-0.15, -0.1) is 5.10 Å². The van der Waals surface area contributed by atoms with Crippen LogP contribution in [0.5, 0.6) is 10.9 Å². The van der Waals surface area contributed by atoms with Crippen molar-refractivity contribution < 1.29 is 4.74 Å². The summed E-state index contributed by atoms with van der Waals surface area (Å²) < 4.78 is 5.64. The molecule has 2 rings (SSSR count). The Morgan fingerprint density at radius 1 is 1.22 bits per heavy atom. The van der Waals surface area contributed by atoms with Gasteiger partial charge in [-0.05, 0) is 19.1 Å². The summed E-state index contributed by atoms with van der Waals surface area (Å²) in [7, 11) is 0. The highest BCUT2D eigenvalue weighted by molar-refractivity contribution is 7.13. The third-order valence-corrected chi connectivity index (χ3v) is 3.14. The Morgan fingerprint density at radius 2 is 1.94 bits per heavy atom. The molecule has 0 fully saturated rings. The smallest absolute Gasteiger partial charge is 0.299 e. The van der Waals surface area contributed by atoms with Crippen LogP contribution in [-0.4, -0.2) is 16.2 Å². The van der Waals surface area contributed by atoms with Crippen LogP contribution in [0, 0.1) is 6.92 Å². The standard InChI is InChI=1S/C13H17N3OS/c1-9(2)14-8-12-15-16-13(18-12)17-11-6-4-10(3)5-7-11/h4-7,9,14H,8H2,1-3H3. The van der Waals surface area contributed by atoms with Crippen LogP contribution in [0.1, 0.15) is 24.4 Å². The lowest BCUT2D eigenvalue weighted by molar-refractivity contribution is 0.472. The highest BCUT2D eigenvalue weighted by Crippen LogP contribution is 2.24. The predicted molar refractivity (Wildman–Crippen MR) is 73.1 cm³/mol. The van der Waals surface area contributed by atoms with Crippen molar-refractivity contribution in [1.82, 2.24) is 15.5 Å². The number of aromatic nitrogens is 2. The Balaban J connectivity index is 1.95. The molecular formula is C13H17N3OS. The van der Waals surface area contributed by atoms with Crippen LogP contribution in [0.3, 0.4) is 0 Å². The molecular weight excluding hydrogens is 246 g/mol. The van der Waals surface area contributed by atoms with Gasteiger partial charge < -0.3 is 10.1 Å². The number of hydrogen-bond donors (Lipinski definition) is 1. The van der Waals surface area contributed by atoms with Crippen molar-refractivity contribution in [3.8, 4) is 10.9 Å². The van der Waals surface area contributed by atoms with E-state index in [0.717, 1.165) is 17.3 Å². The number of rotatable bonds is 5. The van der Waals surface area contributed by atoms with Crippen LogP contribution in [0.2, 0.25) is 0 Å². The Labute approximate surface area is 111 Å². The van der Waals surface area contributed by atoms with Crippen molar-refractivity contribution >= 4 is 11.3 Å². The van der Waals surface area contributed by atoms with Crippen molar-refractivity contribution in [3.05, 3.63) is 34.8 Å². The second kappa shape index (κ2) is 5.93. The molecule has 0 aliphatic heterocycles. The van der Waals surface area contributed by atoms with Gasteiger partial charge in [0.25, 0.3) is 5.19 Å². The lowest BCUT2D eigenvalue weighted by Gasteiger charge is -2.03. The minimum Gasteiger partial charge on any atom is -0.430 e. The van der Waals surface area contributed by atoms with Gasteiger partial charge in [-0.3, -0.25) is 0 Å². The highest BCUT2D eigenvalue weighted by atomic mass is 32.1. The topological polar surface area (TPSA) is 47.0 Å². The van der Waals surface area contributed by atoms with E-state index in [1.807, 2.05) is 31.2 Å². The first kappa shape index (κ1) is 13.0. The molecule has 0 radical (unpaired) electrons. The monoisotopic (exact) mass is 263 g/mol. The Kier molecular flexibility index (Phi) is 4.28. The van der Waals surface area contributed by atoms with Crippen molar-refractivity contribution in [2.75, 3.05) is 0 Å². The van der Waals surface area contributed by atoms with Gasteiger partial charge in [-0.1, -0.05) is 48.0 Å². The van der Waals surface area contributed by atoms with Gasteiger partial charge in [-0.2, -0.15) is 0 Å². The van der Waals surface area contributed by atoms with E-state index >= 15 is 0 Å². The third kappa shape index (κ3) is 3.78. The molecule has 0 spiro atoms. The van der Waals surface area contributed by atoms with Crippen LogP contribution < -0.4 is 10.1 Å². The summed E-state index contributed by atoms with van der Waals surface area (Å²) in [5.41, 5.74) is 1.21. The molecule has 0 amide bonds. The van der Waals surface area contributed by atoms with Crippen molar-refractivity contribution in [2.24, 2.45) is 0 Å². The van der Waals surface area contributed by atoms with E-state index in [4.69, 9.17) is 4.74 Å². The molecule has 0 aliphatic rings. The third-order valence-electron chi connectivity index (χ3n) is 2.34. The maximum absolute atomic E-state index is 5.64. The molecule has 1 aromatic heterocycles. The van der Waals surface area contributed by atoms with E-state index in [0.29, 0.717) is 11.2 Å². The Bertz CT molecular complexity index is 493. The van der Waals surface area contributed by atoms with Crippen LogP contribution in [0.4, 0.5) is 0 Å². The second-order valence-electron chi connectivity index (χ2n) is 4.41. The molecule has 0 saturated heterocycles. The largest absolute Gasteiger partial charge is 0.430 e. The average Bonchev–Trinajstić information content (AvgIpc) is 2.77. The van der Waals surface area contributed by atoms with Gasteiger partial charge in [-0.25, -0.2) is 0 Å². The summed E-state index contributed by atoms with van der Waals surface area (Å²) in [4.78, 5) is 0. The lowest BCUT2D eigenvalue weighted by Crippen LogP contribution is -2.21. The predicted octanol–water partition coefficient (Wildman–Crippen LogP) is 3.14. The highest BCUT2D eigenvalue weighted by Gasteiger charge is 2.06. The maximum atomic E-state index is 5.64. The van der Waals surface area contributed by atoms with Crippen molar-refractivity contribution in [2.45, 2.75) is 33.4 Å². The fraction of sp³-hybridized carbons (Fsp3) is 0.385. The van der Waals surface area contributed by atoms with Crippen LogP contribution in [0.25, 0.3) is 0 Å². The van der Waals surface area contributed by atoms with Crippen molar-refractivity contribution in [1.29, 1.82) is 0 Å². The zero-order valence-corrected chi connectivity index (χ0v) is 11.6. The summed E-state index contributed by atoms with van der Waals surface area (Å²) in [5, 5.41) is 12.9. The molecule has 18 heavy (non-hydrogen) atoms. The van der Waals surface area contributed by atoms with Gasteiger partial charge >= 0.3 is 0 Å². The van der Waals surface area contributed by atoms with Crippen LogP contribution in [0.15, 0.2) is 24.3 Å². The summed E-state index contributed by atoms with van der Waals surface area (Å²) >= 11 is 1.47. The van der Waals surface area contributed by atoms with E-state index in [1.165, 1.54) is 16.9 Å². The van der Waals surface area contributed by atoms with Gasteiger partial charge in [0.05, 0.1) is 6.54 Å². The molecule has 5 heteroatoms. The van der Waals surface area contributed by atoms with Crippen molar-refractivity contribution in [3.63, 3.8) is 0 Å². The number of ether oxygens (including phenoxy) is 1. The lowest BCUT2D eigenvalue weighted by atomic mass is 10.2. The van der Waals surface area contributed by atoms with Crippen LogP contribution >= 0.6 is 11.3 Å². The Hall–Kier alpha value is -1.46. The zero-order valence-electron chi connectivity index (χ0n) is 10.8. The molecule has 2 aromatic rings. The van der Waals surface area contributed by atoms with Gasteiger partial charge in [0, 0.05) is 6.04 Å². The quantitative estimate of drug-likeness (QED) is 0.900. The van der Waals surface area contributed by atoms with E-state index in [9.17, 15) is 0 Å². The van der Waals surface area contributed by atoms with E-state index in [2.05, 4.69) is 29.4 Å². The molecule has 0 aliphatic carbocycles. The normalized spacial score (nSPS) is 10.9. The molecule has 1 aromatic carbocycles. The summed E-state index contributed by atoms with van der Waals surface area (Å²) in [6.07, 6.45) is 0. The first-order valence-corrected chi connectivity index (χ1v) is 6.75. The van der Waals surface area contributed by atoms with Gasteiger partial charge in [0.2, 0.25) is 0 Å². The fourth-order valence-corrected chi connectivity index (χ4v) is 2.01. The molecule has 0 unspecified atom stereocenters. The second-order valence-corrected chi connectivity index (χ2v) is 5.44. The first-order valence-electron chi connectivity index (χ1n) is 5.94. The number of nitrogens with zero attached hydrogens (tertiary/aromatic N) is 2. The minimum absolute atomic E-state index is 0.440.